The number of sulfonamides is 1. The van der Waals surface area contributed by atoms with Gasteiger partial charge in [-0.2, -0.15) is 0 Å². The zero-order valence-corrected chi connectivity index (χ0v) is 17.8. The second-order valence-electron chi connectivity index (χ2n) is 7.80. The Hall–Kier alpha value is -2.39. The number of anilines is 1. The fourth-order valence-electron chi connectivity index (χ4n) is 4.09. The van der Waals surface area contributed by atoms with Gasteiger partial charge in [-0.05, 0) is 44.0 Å². The van der Waals surface area contributed by atoms with Gasteiger partial charge in [-0.3, -0.25) is 14.0 Å². The average molecular weight is 419 g/mol. The molecule has 1 aromatic heterocycles. The number of aromatic nitrogens is 1. The van der Waals surface area contributed by atoms with Crippen LogP contribution in [0.2, 0.25) is 0 Å². The van der Waals surface area contributed by atoms with E-state index in [-0.39, 0.29) is 5.91 Å². The first-order valence-electron chi connectivity index (χ1n) is 9.78. The fraction of sp³-hybridized carbons (Fsp3) is 0.500. The summed E-state index contributed by atoms with van der Waals surface area (Å²) in [5.41, 5.74) is 4.27. The topological polar surface area (TPSA) is 87.0 Å². The van der Waals surface area contributed by atoms with Gasteiger partial charge in [0.15, 0.2) is 0 Å². The van der Waals surface area contributed by atoms with Crippen molar-refractivity contribution in [2.24, 2.45) is 0 Å². The Kier molecular flexibility index (Phi) is 5.12. The summed E-state index contributed by atoms with van der Waals surface area (Å²) in [4.78, 5) is 17.1. The lowest BCUT2D eigenvalue weighted by molar-refractivity contribution is 0.0627. The summed E-state index contributed by atoms with van der Waals surface area (Å²) in [6, 6.07) is 5.34. The highest BCUT2D eigenvalue weighted by atomic mass is 32.2. The molecule has 8 nitrogen and oxygen atoms in total. The summed E-state index contributed by atoms with van der Waals surface area (Å²) in [6.07, 6.45) is 1.85. The van der Waals surface area contributed by atoms with Crippen LogP contribution < -0.4 is 4.31 Å². The Labute approximate surface area is 171 Å². The molecule has 0 aliphatic carbocycles. The molecule has 2 aliphatic rings. The average Bonchev–Trinajstić information content (AvgIpc) is 3.26. The van der Waals surface area contributed by atoms with Crippen molar-refractivity contribution in [2.45, 2.75) is 26.8 Å². The van der Waals surface area contributed by atoms with Crippen LogP contribution in [0, 0.1) is 13.8 Å². The van der Waals surface area contributed by atoms with E-state index in [0.29, 0.717) is 37.3 Å². The van der Waals surface area contributed by atoms with E-state index in [4.69, 9.17) is 4.52 Å². The third-order valence-electron chi connectivity index (χ3n) is 5.80. The van der Waals surface area contributed by atoms with Gasteiger partial charge in [0.1, 0.15) is 5.76 Å². The number of aryl methyl sites for hydroxylation is 2. The van der Waals surface area contributed by atoms with E-state index in [2.05, 4.69) is 10.1 Å². The number of piperazine rings is 1. The van der Waals surface area contributed by atoms with Crippen LogP contribution in [-0.4, -0.2) is 68.3 Å². The maximum absolute atomic E-state index is 13.0. The molecule has 2 aliphatic heterocycles. The van der Waals surface area contributed by atoms with Gasteiger partial charge in [-0.25, -0.2) is 8.42 Å². The molecule has 1 fully saturated rings. The van der Waals surface area contributed by atoms with Crippen LogP contribution in [0.5, 0.6) is 0 Å². The molecule has 29 heavy (non-hydrogen) atoms. The van der Waals surface area contributed by atoms with Crippen molar-refractivity contribution in [3.8, 4) is 0 Å². The smallest absolute Gasteiger partial charge is 0.253 e. The van der Waals surface area contributed by atoms with Gasteiger partial charge in [0.25, 0.3) is 5.91 Å². The van der Waals surface area contributed by atoms with E-state index in [9.17, 15) is 13.2 Å². The molecule has 0 spiro atoms. The Morgan fingerprint density at radius 3 is 2.48 bits per heavy atom. The van der Waals surface area contributed by atoms with Crippen molar-refractivity contribution in [3.05, 3.63) is 46.3 Å². The second-order valence-corrected chi connectivity index (χ2v) is 9.71. The largest absolute Gasteiger partial charge is 0.361 e. The lowest BCUT2D eigenvalue weighted by Gasteiger charge is -2.34. The van der Waals surface area contributed by atoms with Crippen LogP contribution in [-0.2, 0) is 23.0 Å². The second kappa shape index (κ2) is 7.46. The van der Waals surface area contributed by atoms with Crippen LogP contribution in [0.3, 0.4) is 0 Å². The molecule has 0 atom stereocenters. The summed E-state index contributed by atoms with van der Waals surface area (Å²) in [5.74, 6) is 0.852. The predicted molar refractivity (Wildman–Crippen MR) is 109 cm³/mol. The highest BCUT2D eigenvalue weighted by Gasteiger charge is 2.28. The molecule has 3 heterocycles. The highest BCUT2D eigenvalue weighted by molar-refractivity contribution is 7.92. The first kappa shape index (κ1) is 19.9. The first-order valence-corrected chi connectivity index (χ1v) is 11.6. The molecule has 156 valence electrons. The molecule has 1 aromatic carbocycles. The highest BCUT2D eigenvalue weighted by Crippen LogP contribution is 2.31. The summed E-state index contributed by atoms with van der Waals surface area (Å²) in [7, 11) is -3.28. The number of benzene rings is 1. The van der Waals surface area contributed by atoms with Crippen LogP contribution in [0.25, 0.3) is 0 Å². The quantitative estimate of drug-likeness (QED) is 0.749. The monoisotopic (exact) mass is 418 g/mol. The normalized spacial score (nSPS) is 17.6. The van der Waals surface area contributed by atoms with E-state index >= 15 is 0 Å². The number of amides is 1. The number of carbonyl (C=O) groups excluding carboxylic acids is 1. The lowest BCUT2D eigenvalue weighted by atomic mass is 10.1. The van der Waals surface area contributed by atoms with Gasteiger partial charge in [-0.15, -0.1) is 0 Å². The van der Waals surface area contributed by atoms with Gasteiger partial charge in [-0.1, -0.05) is 5.16 Å². The third kappa shape index (κ3) is 3.89. The van der Waals surface area contributed by atoms with Gasteiger partial charge in [0, 0.05) is 50.4 Å². The molecular formula is C20H26N4O4S. The predicted octanol–water partition coefficient (Wildman–Crippen LogP) is 1.57. The minimum absolute atomic E-state index is 0.00240. The van der Waals surface area contributed by atoms with Crippen molar-refractivity contribution in [1.29, 1.82) is 0 Å². The molecule has 1 saturated heterocycles. The van der Waals surface area contributed by atoms with Crippen LogP contribution >= 0.6 is 0 Å². The lowest BCUT2D eigenvalue weighted by Crippen LogP contribution is -2.48. The van der Waals surface area contributed by atoms with E-state index < -0.39 is 10.0 Å². The van der Waals surface area contributed by atoms with Crippen molar-refractivity contribution in [3.63, 3.8) is 0 Å². The minimum Gasteiger partial charge on any atom is -0.361 e. The molecule has 0 N–H and O–H groups in total. The summed E-state index contributed by atoms with van der Waals surface area (Å²) < 4.78 is 30.4. The SMILES string of the molecule is Cc1noc(C)c1CN1CCN(C(=O)c2ccc3c(c2)CCN3S(C)(=O)=O)CC1. The number of rotatable bonds is 4. The van der Waals surface area contributed by atoms with Crippen molar-refractivity contribution in [1.82, 2.24) is 15.0 Å². The number of fused-ring (bicyclic) bond motifs is 1. The van der Waals surface area contributed by atoms with Crippen LogP contribution in [0.1, 0.15) is 32.9 Å². The zero-order valence-electron chi connectivity index (χ0n) is 17.0. The summed E-state index contributed by atoms with van der Waals surface area (Å²) in [5, 5.41) is 4.01. The van der Waals surface area contributed by atoms with E-state index in [1.165, 1.54) is 10.6 Å². The van der Waals surface area contributed by atoms with E-state index in [0.717, 1.165) is 42.2 Å². The van der Waals surface area contributed by atoms with E-state index in [1.807, 2.05) is 24.8 Å². The Bertz CT molecular complexity index is 1020. The molecular weight excluding hydrogens is 392 g/mol. The number of nitrogens with zero attached hydrogens (tertiary/aromatic N) is 4. The third-order valence-corrected chi connectivity index (χ3v) is 6.98. The number of hydrogen-bond donors (Lipinski definition) is 0. The minimum atomic E-state index is -3.28. The maximum atomic E-state index is 13.0. The number of hydrogen-bond acceptors (Lipinski definition) is 6. The Morgan fingerprint density at radius 2 is 1.86 bits per heavy atom. The van der Waals surface area contributed by atoms with Gasteiger partial charge in [0.2, 0.25) is 10.0 Å². The molecule has 9 heteroatoms. The molecule has 0 saturated carbocycles. The molecule has 0 unspecified atom stereocenters. The van der Waals surface area contributed by atoms with Gasteiger partial charge >= 0.3 is 0 Å². The van der Waals surface area contributed by atoms with Crippen molar-refractivity contribution >= 4 is 21.6 Å². The van der Waals surface area contributed by atoms with Crippen LogP contribution in [0.4, 0.5) is 5.69 Å². The zero-order chi connectivity index (χ0) is 20.8. The molecule has 0 radical (unpaired) electrons. The summed E-state index contributed by atoms with van der Waals surface area (Å²) >= 11 is 0. The molecule has 1 amide bonds. The Balaban J connectivity index is 1.40. The summed E-state index contributed by atoms with van der Waals surface area (Å²) in [6.45, 7) is 8.00. The van der Waals surface area contributed by atoms with Crippen molar-refractivity contribution < 1.29 is 17.7 Å². The Morgan fingerprint density at radius 1 is 1.14 bits per heavy atom. The number of carbonyl (C=O) groups is 1. The fourth-order valence-corrected chi connectivity index (χ4v) is 5.05. The van der Waals surface area contributed by atoms with Gasteiger partial charge < -0.3 is 9.42 Å². The van der Waals surface area contributed by atoms with Gasteiger partial charge in [0.05, 0.1) is 17.6 Å². The van der Waals surface area contributed by atoms with E-state index in [1.54, 1.807) is 12.1 Å². The van der Waals surface area contributed by atoms with Crippen LogP contribution in [0.15, 0.2) is 22.7 Å². The molecule has 2 aromatic rings. The molecule has 0 bridgehead atoms. The maximum Gasteiger partial charge on any atom is 0.253 e. The van der Waals surface area contributed by atoms with Crippen molar-refractivity contribution in [2.75, 3.05) is 43.3 Å². The molecule has 4 rings (SSSR count). The first-order chi connectivity index (χ1) is 13.7. The standard InChI is InChI=1S/C20H26N4O4S/c1-14-18(15(2)28-21-14)13-22-8-10-23(11-9-22)20(25)17-4-5-19-16(12-17)6-7-24(19)29(3,26)27/h4-5,12H,6-11,13H2,1-3H3.